The molecule has 1 amide bonds. The Morgan fingerprint density at radius 2 is 2.24 bits per heavy atom. The number of hydrogen-bond donors (Lipinski definition) is 3. The van der Waals surface area contributed by atoms with E-state index in [1.165, 1.54) is 11.3 Å². The summed E-state index contributed by atoms with van der Waals surface area (Å²) in [5.41, 5.74) is 7.47. The number of Topliss-reactive ketones (excluding diaryl/α,β-unsaturated/α-hetero) is 1. The summed E-state index contributed by atoms with van der Waals surface area (Å²) in [6.45, 7) is 1.75. The summed E-state index contributed by atoms with van der Waals surface area (Å²) in [4.78, 5) is 36.5. The third-order valence-electron chi connectivity index (χ3n) is 5.68. The zero-order chi connectivity index (χ0) is 20.3. The van der Waals surface area contributed by atoms with Crippen molar-refractivity contribution < 1.29 is 9.59 Å². The van der Waals surface area contributed by atoms with E-state index >= 15 is 0 Å². The van der Waals surface area contributed by atoms with Gasteiger partial charge in [0.05, 0.1) is 17.4 Å². The number of carbonyl (C=O) groups excluding carboxylic acids is 2. The number of rotatable bonds is 4. The second-order valence-electron chi connectivity index (χ2n) is 7.89. The number of halogens is 1. The Kier molecular flexibility index (Phi) is 4.29. The molecule has 2 unspecified atom stereocenters. The minimum Gasteiger partial charge on any atom is -0.352 e. The van der Waals surface area contributed by atoms with Crippen molar-refractivity contribution in [2.45, 2.75) is 31.0 Å². The van der Waals surface area contributed by atoms with Crippen LogP contribution in [0.3, 0.4) is 0 Å². The molecule has 29 heavy (non-hydrogen) atoms. The van der Waals surface area contributed by atoms with Crippen molar-refractivity contribution >= 4 is 45.5 Å². The van der Waals surface area contributed by atoms with Gasteiger partial charge in [0, 0.05) is 40.3 Å². The van der Waals surface area contributed by atoms with E-state index < -0.39 is 11.6 Å². The number of H-pyrrole nitrogens is 1. The van der Waals surface area contributed by atoms with Crippen LogP contribution in [0.2, 0.25) is 5.02 Å². The summed E-state index contributed by atoms with van der Waals surface area (Å²) >= 11 is 7.43. The summed E-state index contributed by atoms with van der Waals surface area (Å²) in [6, 6.07) is 6.73. The minimum atomic E-state index is -1.10. The molecule has 1 fully saturated rings. The van der Waals surface area contributed by atoms with Crippen LogP contribution < -0.4 is 11.1 Å². The summed E-state index contributed by atoms with van der Waals surface area (Å²) in [5, 5.41) is 4.78. The molecule has 150 valence electrons. The second kappa shape index (κ2) is 6.63. The first-order valence-corrected chi connectivity index (χ1v) is 10.6. The molecule has 1 saturated carbocycles. The summed E-state index contributed by atoms with van der Waals surface area (Å²) in [7, 11) is 2.05. The molecule has 5 rings (SSSR count). The molecule has 0 saturated heterocycles. The van der Waals surface area contributed by atoms with E-state index in [2.05, 4.69) is 27.2 Å². The molecule has 3 heterocycles. The number of hydrogen-bond acceptors (Lipinski definition) is 6. The largest absolute Gasteiger partial charge is 0.352 e. The number of fused-ring (bicyclic) bond motifs is 2. The third-order valence-corrected chi connectivity index (χ3v) is 6.99. The molecule has 1 aliphatic heterocycles. The normalized spacial score (nSPS) is 23.8. The lowest BCUT2D eigenvalue weighted by Gasteiger charge is -2.20. The number of nitrogens with one attached hydrogen (secondary N) is 2. The first kappa shape index (κ1) is 18.7. The Labute approximate surface area is 176 Å². The molecule has 2 aliphatic rings. The van der Waals surface area contributed by atoms with Gasteiger partial charge in [-0.15, -0.1) is 11.3 Å². The minimum absolute atomic E-state index is 0.213. The van der Waals surface area contributed by atoms with Gasteiger partial charge in [-0.05, 0) is 37.7 Å². The van der Waals surface area contributed by atoms with E-state index in [1.807, 2.05) is 6.07 Å². The van der Waals surface area contributed by atoms with Crippen LogP contribution in [0.5, 0.6) is 0 Å². The van der Waals surface area contributed by atoms with Gasteiger partial charge in [-0.2, -0.15) is 0 Å². The summed E-state index contributed by atoms with van der Waals surface area (Å²) < 4.78 is 0. The van der Waals surface area contributed by atoms with Gasteiger partial charge in [0.2, 0.25) is 5.78 Å². The van der Waals surface area contributed by atoms with Gasteiger partial charge in [0.25, 0.3) is 5.91 Å². The molecule has 4 N–H and O–H groups in total. The fourth-order valence-electron chi connectivity index (χ4n) is 3.83. The lowest BCUT2D eigenvalue weighted by Crippen LogP contribution is -2.43. The van der Waals surface area contributed by atoms with Gasteiger partial charge in [-0.25, -0.2) is 4.98 Å². The van der Waals surface area contributed by atoms with E-state index in [0.29, 0.717) is 22.1 Å². The van der Waals surface area contributed by atoms with Crippen molar-refractivity contribution in [2.75, 3.05) is 13.6 Å². The number of likely N-dealkylation sites (N-methyl/N-ethyl adjacent to an activating group) is 1. The molecule has 7 nitrogen and oxygen atoms in total. The maximum atomic E-state index is 12.9. The molecule has 0 spiro atoms. The Hall–Kier alpha value is -2.26. The first-order chi connectivity index (χ1) is 13.8. The molecular formula is C20H20ClN5O2S. The molecule has 9 heteroatoms. The van der Waals surface area contributed by atoms with Crippen molar-refractivity contribution in [3.05, 3.63) is 50.6 Å². The number of thiazole rings is 1. The van der Waals surface area contributed by atoms with Crippen molar-refractivity contribution in [1.82, 2.24) is 20.2 Å². The molecule has 0 bridgehead atoms. The number of nitrogens with zero attached hydrogens (tertiary/aromatic N) is 2. The van der Waals surface area contributed by atoms with E-state index in [0.717, 1.165) is 41.0 Å². The third kappa shape index (κ3) is 3.26. The number of aromatic nitrogens is 2. The van der Waals surface area contributed by atoms with E-state index in [1.54, 1.807) is 18.2 Å². The zero-order valence-corrected chi connectivity index (χ0v) is 17.4. The Morgan fingerprint density at radius 3 is 3.07 bits per heavy atom. The topological polar surface area (TPSA) is 104 Å². The number of amides is 1. The lowest BCUT2D eigenvalue weighted by molar-refractivity contribution is 0.0921. The Morgan fingerprint density at radius 1 is 1.41 bits per heavy atom. The SMILES string of the molecule is CN1CCc2nc(C(=O)NC3CC3(N)C(=O)c3cc4cc(Cl)ccc4[nH]3)sc2C1. The number of benzene rings is 1. The molecular weight excluding hydrogens is 410 g/mol. The highest BCUT2D eigenvalue weighted by atomic mass is 35.5. The Balaban J connectivity index is 1.30. The standard InChI is InChI=1S/C20H20ClN5O2S/c1-26-5-4-13-15(9-26)29-19(24-13)18(28)25-16-8-20(16,22)17(27)14-7-10-6-11(21)2-3-12(10)23-14/h2-3,6-7,16,23H,4-5,8-9,22H2,1H3,(H,25,28). The molecule has 3 aromatic rings. The second-order valence-corrected chi connectivity index (χ2v) is 9.41. The Bertz CT molecular complexity index is 1160. The van der Waals surface area contributed by atoms with Gasteiger partial charge < -0.3 is 20.9 Å². The van der Waals surface area contributed by atoms with Crippen LogP contribution in [0.15, 0.2) is 24.3 Å². The number of ketones is 1. The molecule has 2 atom stereocenters. The van der Waals surface area contributed by atoms with Crippen LogP contribution in [0.1, 0.15) is 37.3 Å². The predicted octanol–water partition coefficient (Wildman–Crippen LogP) is 2.35. The van der Waals surface area contributed by atoms with Crippen molar-refractivity contribution in [2.24, 2.45) is 5.73 Å². The molecule has 2 aromatic heterocycles. The number of nitrogens with two attached hydrogens (primary N) is 1. The van der Waals surface area contributed by atoms with Crippen molar-refractivity contribution in [3.63, 3.8) is 0 Å². The van der Waals surface area contributed by atoms with Crippen LogP contribution in [-0.2, 0) is 13.0 Å². The predicted molar refractivity (Wildman–Crippen MR) is 113 cm³/mol. The van der Waals surface area contributed by atoms with E-state index in [-0.39, 0.29) is 11.7 Å². The van der Waals surface area contributed by atoms with Gasteiger partial charge in [0.15, 0.2) is 5.01 Å². The highest BCUT2D eigenvalue weighted by Gasteiger charge is 2.58. The van der Waals surface area contributed by atoms with Gasteiger partial charge in [-0.3, -0.25) is 9.59 Å². The van der Waals surface area contributed by atoms with Crippen LogP contribution in [0.25, 0.3) is 10.9 Å². The van der Waals surface area contributed by atoms with Gasteiger partial charge >= 0.3 is 0 Å². The maximum absolute atomic E-state index is 12.9. The molecule has 0 radical (unpaired) electrons. The summed E-state index contributed by atoms with van der Waals surface area (Å²) in [6.07, 6.45) is 1.25. The van der Waals surface area contributed by atoms with Crippen molar-refractivity contribution in [3.8, 4) is 0 Å². The van der Waals surface area contributed by atoms with Crippen LogP contribution >= 0.6 is 22.9 Å². The van der Waals surface area contributed by atoms with Gasteiger partial charge in [0.1, 0.15) is 5.54 Å². The van der Waals surface area contributed by atoms with E-state index in [9.17, 15) is 9.59 Å². The number of carbonyl (C=O) groups is 2. The fraction of sp³-hybridized carbons (Fsp3) is 0.350. The van der Waals surface area contributed by atoms with Crippen LogP contribution in [-0.4, -0.2) is 51.7 Å². The molecule has 1 aromatic carbocycles. The maximum Gasteiger partial charge on any atom is 0.280 e. The van der Waals surface area contributed by atoms with Crippen molar-refractivity contribution in [1.29, 1.82) is 0 Å². The quantitative estimate of drug-likeness (QED) is 0.552. The average molecular weight is 430 g/mol. The monoisotopic (exact) mass is 429 g/mol. The molecule has 1 aliphatic carbocycles. The van der Waals surface area contributed by atoms with Crippen LogP contribution in [0.4, 0.5) is 0 Å². The fourth-order valence-corrected chi connectivity index (χ4v) is 5.10. The highest BCUT2D eigenvalue weighted by Crippen LogP contribution is 2.37. The lowest BCUT2D eigenvalue weighted by atomic mass is 10.1. The first-order valence-electron chi connectivity index (χ1n) is 9.43. The van der Waals surface area contributed by atoms with E-state index in [4.69, 9.17) is 17.3 Å². The van der Waals surface area contributed by atoms with Gasteiger partial charge in [-0.1, -0.05) is 11.6 Å². The number of aromatic amines is 1. The average Bonchev–Trinajstić information content (AvgIpc) is 3.05. The van der Waals surface area contributed by atoms with Crippen LogP contribution in [0, 0.1) is 0 Å². The highest BCUT2D eigenvalue weighted by molar-refractivity contribution is 7.13. The zero-order valence-electron chi connectivity index (χ0n) is 15.8. The summed E-state index contributed by atoms with van der Waals surface area (Å²) in [5.74, 6) is -0.476. The smallest absolute Gasteiger partial charge is 0.280 e.